The van der Waals surface area contributed by atoms with Gasteiger partial charge in [-0.2, -0.15) is 0 Å². The fraction of sp³-hybridized carbons (Fsp3) is 1.00. The van der Waals surface area contributed by atoms with Crippen LogP contribution >= 0.6 is 7.82 Å². The summed E-state index contributed by atoms with van der Waals surface area (Å²) < 4.78 is 19.7. The summed E-state index contributed by atoms with van der Waals surface area (Å²) in [7, 11) is -4.34. The molecule has 0 saturated heterocycles. The maximum absolute atomic E-state index is 10.3. The third kappa shape index (κ3) is 6.76. The molecule has 2 N–H and O–H groups in total. The molecule has 74 valence electrons. The Labute approximate surface area is 71.9 Å². The molecule has 0 aliphatic heterocycles. The van der Waals surface area contributed by atoms with Gasteiger partial charge in [-0.25, -0.2) is 4.57 Å². The third-order valence-electron chi connectivity index (χ3n) is 1.29. The van der Waals surface area contributed by atoms with Crippen molar-refractivity contribution in [3.8, 4) is 0 Å². The van der Waals surface area contributed by atoms with Crippen LogP contribution in [0.4, 0.5) is 0 Å². The quantitative estimate of drug-likeness (QED) is 0.620. The highest BCUT2D eigenvalue weighted by Gasteiger charge is 2.16. The van der Waals surface area contributed by atoms with Gasteiger partial charge in [0.05, 0.1) is 12.7 Å². The van der Waals surface area contributed by atoms with Crippen molar-refractivity contribution in [3.05, 3.63) is 0 Å². The lowest BCUT2D eigenvalue weighted by atomic mass is 10.3. The Morgan fingerprint density at radius 1 is 1.42 bits per heavy atom. The van der Waals surface area contributed by atoms with Crippen molar-refractivity contribution in [2.75, 3.05) is 13.2 Å². The summed E-state index contributed by atoms with van der Waals surface area (Å²) in [5, 5.41) is 0. The molecule has 0 fully saturated rings. The van der Waals surface area contributed by atoms with Gasteiger partial charge in [0.15, 0.2) is 0 Å². The zero-order valence-electron chi connectivity index (χ0n) is 7.27. The minimum atomic E-state index is -4.34. The summed E-state index contributed by atoms with van der Waals surface area (Å²) in [6, 6.07) is 0. The van der Waals surface area contributed by atoms with E-state index in [1.54, 1.807) is 0 Å². The molecule has 1 atom stereocenters. The van der Waals surface area contributed by atoms with Gasteiger partial charge in [0.25, 0.3) is 0 Å². The second kappa shape index (κ2) is 5.67. The van der Waals surface area contributed by atoms with Crippen molar-refractivity contribution in [3.63, 3.8) is 0 Å². The highest BCUT2D eigenvalue weighted by molar-refractivity contribution is 7.46. The summed E-state index contributed by atoms with van der Waals surface area (Å²) in [4.78, 5) is 16.7. The molecule has 0 saturated carbocycles. The maximum Gasteiger partial charge on any atom is 0.469 e. The lowest BCUT2D eigenvalue weighted by Crippen LogP contribution is -2.18. The molecule has 5 nitrogen and oxygen atoms in total. The number of hydrogen-bond acceptors (Lipinski definition) is 3. The molecule has 1 unspecified atom stereocenters. The molecule has 0 aromatic rings. The largest absolute Gasteiger partial charge is 0.469 e. The lowest BCUT2D eigenvalue weighted by molar-refractivity contribution is 0.0168. The van der Waals surface area contributed by atoms with E-state index in [9.17, 15) is 4.57 Å². The summed E-state index contributed by atoms with van der Waals surface area (Å²) in [6.45, 7) is 4.14. The van der Waals surface area contributed by atoms with E-state index in [1.807, 2.05) is 13.8 Å². The summed E-state index contributed by atoms with van der Waals surface area (Å²) in [5.74, 6) is 0. The molecule has 0 spiro atoms. The fourth-order valence-electron chi connectivity index (χ4n) is 0.700. The predicted octanol–water partition coefficient (Wildman–Crippen LogP) is 0.911. The molecule has 0 aliphatic carbocycles. The second-order valence-corrected chi connectivity index (χ2v) is 3.51. The van der Waals surface area contributed by atoms with E-state index in [0.717, 1.165) is 0 Å². The Bertz CT molecular complexity index is 154. The Balaban J connectivity index is 3.65. The van der Waals surface area contributed by atoms with Crippen molar-refractivity contribution in [2.45, 2.75) is 26.4 Å². The molecule has 0 amide bonds. The molecular formula is C6H15O5P. The van der Waals surface area contributed by atoms with Gasteiger partial charge >= 0.3 is 7.82 Å². The molecule has 0 rings (SSSR count). The Morgan fingerprint density at radius 3 is 2.33 bits per heavy atom. The van der Waals surface area contributed by atoms with E-state index in [4.69, 9.17) is 14.5 Å². The molecule has 0 aromatic carbocycles. The standard InChI is InChI=1S/C6H15O5P/c1-3-6(10-4-2)5-11-12(7,8)9/h6H,3-5H2,1-2H3,(H2,7,8,9). The van der Waals surface area contributed by atoms with Crippen molar-refractivity contribution in [2.24, 2.45) is 0 Å². The molecule has 0 bridgehead atoms. The first-order valence-corrected chi connectivity index (χ1v) is 5.34. The highest BCUT2D eigenvalue weighted by Crippen LogP contribution is 2.35. The van der Waals surface area contributed by atoms with Gasteiger partial charge in [0.2, 0.25) is 0 Å². The molecule has 0 heterocycles. The van der Waals surface area contributed by atoms with Crippen LogP contribution in [0.3, 0.4) is 0 Å². The summed E-state index contributed by atoms with van der Waals surface area (Å²) >= 11 is 0. The van der Waals surface area contributed by atoms with Gasteiger partial charge in [-0.3, -0.25) is 4.52 Å². The van der Waals surface area contributed by atoms with E-state index < -0.39 is 7.82 Å². The van der Waals surface area contributed by atoms with Crippen LogP contribution in [-0.2, 0) is 13.8 Å². The average Bonchev–Trinajstić information content (AvgIpc) is 1.96. The molecule has 0 radical (unpaired) electrons. The predicted molar refractivity (Wildman–Crippen MR) is 43.7 cm³/mol. The number of phosphoric acid groups is 1. The third-order valence-corrected chi connectivity index (χ3v) is 1.77. The Morgan fingerprint density at radius 2 is 2.00 bits per heavy atom. The van der Waals surface area contributed by atoms with Gasteiger partial charge in [0.1, 0.15) is 0 Å². The van der Waals surface area contributed by atoms with Crippen LogP contribution in [0.25, 0.3) is 0 Å². The lowest BCUT2D eigenvalue weighted by Gasteiger charge is -2.14. The van der Waals surface area contributed by atoms with E-state index in [-0.39, 0.29) is 12.7 Å². The van der Waals surface area contributed by atoms with Crippen LogP contribution in [0.5, 0.6) is 0 Å². The van der Waals surface area contributed by atoms with Gasteiger partial charge in [-0.05, 0) is 13.3 Å². The molecular weight excluding hydrogens is 183 g/mol. The second-order valence-electron chi connectivity index (χ2n) is 2.27. The first-order valence-electron chi connectivity index (χ1n) is 3.81. The van der Waals surface area contributed by atoms with E-state index >= 15 is 0 Å². The number of rotatable bonds is 6. The average molecular weight is 198 g/mol. The monoisotopic (exact) mass is 198 g/mol. The number of hydrogen-bond donors (Lipinski definition) is 2. The van der Waals surface area contributed by atoms with Crippen LogP contribution in [0.15, 0.2) is 0 Å². The van der Waals surface area contributed by atoms with Crippen LogP contribution in [0.2, 0.25) is 0 Å². The summed E-state index contributed by atoms with van der Waals surface area (Å²) in [5.41, 5.74) is 0. The molecule has 0 aliphatic rings. The fourth-order valence-corrected chi connectivity index (χ4v) is 1.06. The smallest absolute Gasteiger partial charge is 0.376 e. The van der Waals surface area contributed by atoms with Crippen LogP contribution < -0.4 is 0 Å². The van der Waals surface area contributed by atoms with Gasteiger partial charge in [-0.1, -0.05) is 6.92 Å². The zero-order chi connectivity index (χ0) is 9.61. The summed E-state index contributed by atoms with van der Waals surface area (Å²) in [6.07, 6.45) is 0.441. The zero-order valence-corrected chi connectivity index (χ0v) is 8.16. The van der Waals surface area contributed by atoms with Crippen molar-refractivity contribution in [1.29, 1.82) is 0 Å². The minimum absolute atomic E-state index is 0.0609. The number of phosphoric ester groups is 1. The van der Waals surface area contributed by atoms with E-state index in [2.05, 4.69) is 4.52 Å². The first-order chi connectivity index (χ1) is 5.49. The maximum atomic E-state index is 10.3. The number of ether oxygens (including phenoxy) is 1. The SMILES string of the molecule is CCOC(CC)COP(=O)(O)O. The van der Waals surface area contributed by atoms with Gasteiger partial charge in [0, 0.05) is 6.61 Å². The van der Waals surface area contributed by atoms with Gasteiger partial charge < -0.3 is 14.5 Å². The molecule has 6 heteroatoms. The Kier molecular flexibility index (Phi) is 5.70. The van der Waals surface area contributed by atoms with Crippen molar-refractivity contribution < 1.29 is 23.6 Å². The topological polar surface area (TPSA) is 76.0 Å². The Hall–Kier alpha value is 0.0700. The van der Waals surface area contributed by atoms with Crippen molar-refractivity contribution >= 4 is 7.82 Å². The van der Waals surface area contributed by atoms with E-state index in [1.165, 1.54) is 0 Å². The van der Waals surface area contributed by atoms with Crippen LogP contribution in [0.1, 0.15) is 20.3 Å². The first kappa shape index (κ1) is 12.1. The minimum Gasteiger partial charge on any atom is -0.376 e. The molecule has 0 aromatic heterocycles. The highest BCUT2D eigenvalue weighted by atomic mass is 31.2. The molecule has 12 heavy (non-hydrogen) atoms. The normalized spacial score (nSPS) is 14.7. The van der Waals surface area contributed by atoms with Crippen molar-refractivity contribution in [1.82, 2.24) is 0 Å². The van der Waals surface area contributed by atoms with Crippen LogP contribution in [0, 0.1) is 0 Å². The van der Waals surface area contributed by atoms with Crippen LogP contribution in [-0.4, -0.2) is 29.1 Å². The van der Waals surface area contributed by atoms with Gasteiger partial charge in [-0.15, -0.1) is 0 Å². The van der Waals surface area contributed by atoms with E-state index in [0.29, 0.717) is 13.0 Å².